The average Bonchev–Trinajstić information content (AvgIpc) is 3.08. The van der Waals surface area contributed by atoms with Gasteiger partial charge in [0, 0.05) is 5.69 Å². The summed E-state index contributed by atoms with van der Waals surface area (Å²) in [6.45, 7) is 2.89. The summed E-state index contributed by atoms with van der Waals surface area (Å²) in [5, 5.41) is 0. The Bertz CT molecular complexity index is 529. The summed E-state index contributed by atoms with van der Waals surface area (Å²) in [6.07, 6.45) is 5.18. The van der Waals surface area contributed by atoms with Crippen LogP contribution in [0.1, 0.15) is 43.0 Å². The predicted molar refractivity (Wildman–Crippen MR) is 81.2 cm³/mol. The topological polar surface area (TPSA) is 61.5 Å². The van der Waals surface area contributed by atoms with Gasteiger partial charge in [0.15, 0.2) is 0 Å². The molecule has 0 amide bonds. The van der Waals surface area contributed by atoms with E-state index in [1.54, 1.807) is 18.2 Å². The molecule has 0 radical (unpaired) electrons. The standard InChI is InChI=1S/C17H23NO3/c1-2-20-15-5-3-4-14(18)16(15)17(19)21-10-13-9-11-6-7-12(13)8-11/h3-5,11-13H,2,6-10,18H2,1H3. The summed E-state index contributed by atoms with van der Waals surface area (Å²) in [4.78, 5) is 12.3. The van der Waals surface area contributed by atoms with Gasteiger partial charge in [0.2, 0.25) is 0 Å². The summed E-state index contributed by atoms with van der Waals surface area (Å²) in [6, 6.07) is 5.25. The second-order valence-electron chi connectivity index (χ2n) is 6.19. The van der Waals surface area contributed by atoms with Crippen LogP contribution in [0.5, 0.6) is 5.75 Å². The Kier molecular flexibility index (Phi) is 4.04. The van der Waals surface area contributed by atoms with Gasteiger partial charge in [-0.3, -0.25) is 0 Å². The molecule has 0 aliphatic heterocycles. The number of anilines is 1. The Hall–Kier alpha value is -1.71. The lowest BCUT2D eigenvalue weighted by molar-refractivity contribution is 0.0391. The van der Waals surface area contributed by atoms with Gasteiger partial charge in [0.25, 0.3) is 0 Å². The molecule has 2 saturated carbocycles. The Morgan fingerprint density at radius 3 is 2.86 bits per heavy atom. The molecule has 0 spiro atoms. The van der Waals surface area contributed by atoms with Crippen molar-refractivity contribution in [1.29, 1.82) is 0 Å². The molecule has 4 heteroatoms. The summed E-state index contributed by atoms with van der Waals surface area (Å²) in [5.74, 6) is 2.30. The number of carbonyl (C=O) groups is 1. The zero-order valence-electron chi connectivity index (χ0n) is 12.5. The number of ether oxygens (including phenoxy) is 2. The minimum Gasteiger partial charge on any atom is -0.493 e. The summed E-state index contributed by atoms with van der Waals surface area (Å²) < 4.78 is 11.0. The third-order valence-electron chi connectivity index (χ3n) is 4.88. The number of hydrogen-bond donors (Lipinski definition) is 1. The highest BCUT2D eigenvalue weighted by Gasteiger charge is 2.40. The zero-order chi connectivity index (χ0) is 14.8. The molecule has 0 aromatic heterocycles. The maximum absolute atomic E-state index is 12.3. The van der Waals surface area contributed by atoms with Crippen molar-refractivity contribution in [3.8, 4) is 5.75 Å². The van der Waals surface area contributed by atoms with E-state index in [4.69, 9.17) is 15.2 Å². The van der Waals surface area contributed by atoms with Crippen molar-refractivity contribution >= 4 is 11.7 Å². The van der Waals surface area contributed by atoms with Gasteiger partial charge in [-0.05, 0) is 56.1 Å². The molecule has 1 aromatic carbocycles. The molecule has 2 aliphatic rings. The van der Waals surface area contributed by atoms with Crippen LogP contribution in [-0.4, -0.2) is 19.2 Å². The minimum absolute atomic E-state index is 0.362. The number of benzene rings is 1. The van der Waals surface area contributed by atoms with Crippen LogP contribution in [0.4, 0.5) is 5.69 Å². The van der Waals surface area contributed by atoms with Gasteiger partial charge in [0.1, 0.15) is 11.3 Å². The molecule has 0 saturated heterocycles. The molecule has 114 valence electrons. The van der Waals surface area contributed by atoms with Crippen molar-refractivity contribution in [2.75, 3.05) is 18.9 Å². The molecule has 3 atom stereocenters. The van der Waals surface area contributed by atoms with Gasteiger partial charge in [0.05, 0.1) is 13.2 Å². The lowest BCUT2D eigenvalue weighted by Crippen LogP contribution is -2.20. The number of esters is 1. The normalized spacial score (nSPS) is 26.8. The molecule has 0 heterocycles. The molecule has 2 bridgehead atoms. The number of rotatable bonds is 5. The largest absolute Gasteiger partial charge is 0.493 e. The molecule has 3 rings (SSSR count). The molecule has 4 nitrogen and oxygen atoms in total. The number of carbonyl (C=O) groups excluding carboxylic acids is 1. The third kappa shape index (κ3) is 2.85. The maximum Gasteiger partial charge on any atom is 0.344 e. The first-order chi connectivity index (χ1) is 10.2. The van der Waals surface area contributed by atoms with E-state index >= 15 is 0 Å². The first-order valence-corrected chi connectivity index (χ1v) is 7.87. The lowest BCUT2D eigenvalue weighted by Gasteiger charge is -2.21. The summed E-state index contributed by atoms with van der Waals surface area (Å²) >= 11 is 0. The fraction of sp³-hybridized carbons (Fsp3) is 0.588. The van der Waals surface area contributed by atoms with Gasteiger partial charge < -0.3 is 15.2 Å². The average molecular weight is 289 g/mol. The van der Waals surface area contributed by atoms with Gasteiger partial charge in [-0.2, -0.15) is 0 Å². The molecule has 3 unspecified atom stereocenters. The predicted octanol–water partition coefficient (Wildman–Crippen LogP) is 3.26. The van der Waals surface area contributed by atoms with Crippen molar-refractivity contribution in [3.63, 3.8) is 0 Å². The van der Waals surface area contributed by atoms with E-state index < -0.39 is 0 Å². The van der Waals surface area contributed by atoms with Crippen LogP contribution >= 0.6 is 0 Å². The lowest BCUT2D eigenvalue weighted by atomic mass is 9.89. The number of nitrogen functional groups attached to an aromatic ring is 1. The second kappa shape index (κ2) is 5.96. The first-order valence-electron chi connectivity index (χ1n) is 7.87. The molecular formula is C17H23NO3. The van der Waals surface area contributed by atoms with E-state index in [9.17, 15) is 4.79 Å². The number of nitrogens with two attached hydrogens (primary N) is 1. The van der Waals surface area contributed by atoms with Crippen molar-refractivity contribution < 1.29 is 14.3 Å². The van der Waals surface area contributed by atoms with E-state index in [2.05, 4.69) is 0 Å². The van der Waals surface area contributed by atoms with E-state index in [-0.39, 0.29) is 5.97 Å². The van der Waals surface area contributed by atoms with Crippen LogP contribution in [0.2, 0.25) is 0 Å². The van der Waals surface area contributed by atoms with Gasteiger partial charge in [-0.25, -0.2) is 4.79 Å². The minimum atomic E-state index is -0.362. The fourth-order valence-corrected chi connectivity index (χ4v) is 3.88. The molecule has 1 aromatic rings. The number of fused-ring (bicyclic) bond motifs is 2. The van der Waals surface area contributed by atoms with Crippen LogP contribution in [0, 0.1) is 17.8 Å². The highest BCUT2D eigenvalue weighted by molar-refractivity contribution is 5.98. The fourth-order valence-electron chi connectivity index (χ4n) is 3.88. The Labute approximate surface area is 125 Å². The van der Waals surface area contributed by atoms with Crippen LogP contribution < -0.4 is 10.5 Å². The van der Waals surface area contributed by atoms with E-state index in [1.165, 1.54) is 25.7 Å². The summed E-state index contributed by atoms with van der Waals surface area (Å²) in [7, 11) is 0. The second-order valence-corrected chi connectivity index (χ2v) is 6.19. The highest BCUT2D eigenvalue weighted by Crippen LogP contribution is 2.48. The quantitative estimate of drug-likeness (QED) is 0.667. The van der Waals surface area contributed by atoms with Crippen molar-refractivity contribution in [2.24, 2.45) is 17.8 Å². The smallest absolute Gasteiger partial charge is 0.344 e. The van der Waals surface area contributed by atoms with E-state index in [0.717, 1.165) is 11.8 Å². The molecule has 2 N–H and O–H groups in total. The maximum atomic E-state index is 12.3. The molecule has 2 aliphatic carbocycles. The zero-order valence-corrected chi connectivity index (χ0v) is 12.5. The van der Waals surface area contributed by atoms with Gasteiger partial charge in [-0.1, -0.05) is 12.5 Å². The molecular weight excluding hydrogens is 266 g/mol. The van der Waals surface area contributed by atoms with E-state index in [0.29, 0.717) is 36.1 Å². The van der Waals surface area contributed by atoms with Crippen LogP contribution in [0.25, 0.3) is 0 Å². The van der Waals surface area contributed by atoms with Gasteiger partial charge in [-0.15, -0.1) is 0 Å². The Balaban J connectivity index is 1.65. The summed E-state index contributed by atoms with van der Waals surface area (Å²) in [5.41, 5.74) is 6.70. The van der Waals surface area contributed by atoms with Crippen LogP contribution in [0.15, 0.2) is 18.2 Å². The SMILES string of the molecule is CCOc1cccc(N)c1C(=O)OCC1CC2CCC1C2. The van der Waals surface area contributed by atoms with E-state index in [1.807, 2.05) is 6.92 Å². The highest BCUT2D eigenvalue weighted by atomic mass is 16.5. The Morgan fingerprint density at radius 1 is 1.33 bits per heavy atom. The van der Waals surface area contributed by atoms with Crippen molar-refractivity contribution in [1.82, 2.24) is 0 Å². The monoisotopic (exact) mass is 289 g/mol. The molecule has 21 heavy (non-hydrogen) atoms. The van der Waals surface area contributed by atoms with Crippen LogP contribution in [0.3, 0.4) is 0 Å². The first kappa shape index (κ1) is 14.2. The van der Waals surface area contributed by atoms with Crippen molar-refractivity contribution in [2.45, 2.75) is 32.6 Å². The third-order valence-corrected chi connectivity index (χ3v) is 4.88. The van der Waals surface area contributed by atoms with Gasteiger partial charge >= 0.3 is 5.97 Å². The van der Waals surface area contributed by atoms with Crippen LogP contribution in [-0.2, 0) is 4.74 Å². The Morgan fingerprint density at radius 2 is 2.19 bits per heavy atom. The number of hydrogen-bond acceptors (Lipinski definition) is 4. The molecule has 2 fully saturated rings. The van der Waals surface area contributed by atoms with Crippen molar-refractivity contribution in [3.05, 3.63) is 23.8 Å².